The van der Waals surface area contributed by atoms with Crippen LogP contribution in [0.15, 0.2) is 12.7 Å². The first-order valence-corrected chi connectivity index (χ1v) is 4.70. The van der Waals surface area contributed by atoms with E-state index in [0.29, 0.717) is 19.1 Å². The van der Waals surface area contributed by atoms with Crippen LogP contribution in [0, 0.1) is 5.92 Å². The monoisotopic (exact) mass is 185 g/mol. The van der Waals surface area contributed by atoms with Gasteiger partial charge < -0.3 is 10.1 Å². The predicted molar refractivity (Wildman–Crippen MR) is 53.5 cm³/mol. The minimum absolute atomic E-state index is 0.356. The van der Waals surface area contributed by atoms with Gasteiger partial charge in [-0.05, 0) is 12.5 Å². The third-order valence-corrected chi connectivity index (χ3v) is 1.88. The summed E-state index contributed by atoms with van der Waals surface area (Å²) in [6, 6.07) is 0. The average molecular weight is 185 g/mol. The summed E-state index contributed by atoms with van der Waals surface area (Å²) in [6.07, 6.45) is 2.34. The van der Waals surface area contributed by atoms with Crippen LogP contribution in [0.2, 0.25) is 0 Å². The SMILES string of the molecule is C=CC(=O)OCCNCC(C)CC. The molecule has 0 heterocycles. The molecule has 0 radical (unpaired) electrons. The van der Waals surface area contributed by atoms with E-state index < -0.39 is 0 Å². The van der Waals surface area contributed by atoms with E-state index in [2.05, 4.69) is 25.7 Å². The van der Waals surface area contributed by atoms with Crippen LogP contribution in [-0.4, -0.2) is 25.7 Å². The Hall–Kier alpha value is -0.830. The Labute approximate surface area is 80.2 Å². The van der Waals surface area contributed by atoms with Crippen molar-refractivity contribution in [3.63, 3.8) is 0 Å². The molecule has 0 aromatic rings. The summed E-state index contributed by atoms with van der Waals surface area (Å²) in [5.74, 6) is 0.320. The van der Waals surface area contributed by atoms with Crippen LogP contribution in [0.1, 0.15) is 20.3 Å². The molecule has 0 aromatic heterocycles. The molecule has 0 aliphatic rings. The summed E-state index contributed by atoms with van der Waals surface area (Å²) in [6.45, 7) is 9.75. The van der Waals surface area contributed by atoms with Gasteiger partial charge in [-0.25, -0.2) is 4.79 Å². The number of hydrogen-bond donors (Lipinski definition) is 1. The summed E-state index contributed by atoms with van der Waals surface area (Å²) in [5, 5.41) is 3.20. The van der Waals surface area contributed by atoms with Crippen molar-refractivity contribution in [1.29, 1.82) is 0 Å². The number of carbonyl (C=O) groups excluding carboxylic acids is 1. The largest absolute Gasteiger partial charge is 0.461 e. The normalized spacial score (nSPS) is 12.2. The van der Waals surface area contributed by atoms with E-state index in [4.69, 9.17) is 4.74 Å². The third kappa shape index (κ3) is 7.53. The zero-order valence-corrected chi connectivity index (χ0v) is 8.51. The Bertz CT molecular complexity index is 157. The van der Waals surface area contributed by atoms with Crippen LogP contribution in [0.25, 0.3) is 0 Å². The van der Waals surface area contributed by atoms with Gasteiger partial charge in [-0.15, -0.1) is 0 Å². The molecule has 1 atom stereocenters. The van der Waals surface area contributed by atoms with E-state index in [1.807, 2.05) is 0 Å². The van der Waals surface area contributed by atoms with Crippen molar-refractivity contribution in [3.05, 3.63) is 12.7 Å². The minimum Gasteiger partial charge on any atom is -0.461 e. The second-order valence-electron chi connectivity index (χ2n) is 3.09. The highest BCUT2D eigenvalue weighted by molar-refractivity contribution is 5.81. The molecular weight excluding hydrogens is 166 g/mol. The van der Waals surface area contributed by atoms with Crippen LogP contribution in [-0.2, 0) is 9.53 Å². The summed E-state index contributed by atoms with van der Waals surface area (Å²) < 4.78 is 4.79. The second kappa shape index (κ2) is 7.80. The van der Waals surface area contributed by atoms with Gasteiger partial charge in [-0.3, -0.25) is 0 Å². The van der Waals surface area contributed by atoms with Gasteiger partial charge in [-0.1, -0.05) is 26.8 Å². The van der Waals surface area contributed by atoms with Gasteiger partial charge >= 0.3 is 5.97 Å². The van der Waals surface area contributed by atoms with E-state index >= 15 is 0 Å². The summed E-state index contributed by atoms with van der Waals surface area (Å²) in [7, 11) is 0. The molecule has 13 heavy (non-hydrogen) atoms. The third-order valence-electron chi connectivity index (χ3n) is 1.88. The number of esters is 1. The molecule has 0 aliphatic heterocycles. The molecule has 0 aromatic carbocycles. The van der Waals surface area contributed by atoms with Crippen molar-refractivity contribution < 1.29 is 9.53 Å². The second-order valence-corrected chi connectivity index (χ2v) is 3.09. The van der Waals surface area contributed by atoms with Gasteiger partial charge in [0.2, 0.25) is 0 Å². The molecular formula is C10H19NO2. The highest BCUT2D eigenvalue weighted by atomic mass is 16.5. The van der Waals surface area contributed by atoms with Crippen molar-refractivity contribution in [2.75, 3.05) is 19.7 Å². The number of hydrogen-bond acceptors (Lipinski definition) is 3. The van der Waals surface area contributed by atoms with E-state index in [0.717, 1.165) is 6.54 Å². The van der Waals surface area contributed by atoms with Gasteiger partial charge in [-0.2, -0.15) is 0 Å². The fourth-order valence-corrected chi connectivity index (χ4v) is 0.776. The minimum atomic E-state index is -0.356. The van der Waals surface area contributed by atoms with E-state index in [1.54, 1.807) is 0 Å². The maximum atomic E-state index is 10.6. The number of carbonyl (C=O) groups is 1. The van der Waals surface area contributed by atoms with Crippen molar-refractivity contribution >= 4 is 5.97 Å². The first-order valence-electron chi connectivity index (χ1n) is 4.70. The smallest absolute Gasteiger partial charge is 0.330 e. The molecule has 0 bridgehead atoms. The van der Waals surface area contributed by atoms with Gasteiger partial charge in [0.15, 0.2) is 0 Å². The Morgan fingerprint density at radius 3 is 2.92 bits per heavy atom. The summed E-state index contributed by atoms with van der Waals surface area (Å²) in [4.78, 5) is 10.6. The maximum Gasteiger partial charge on any atom is 0.330 e. The van der Waals surface area contributed by atoms with Crippen LogP contribution in [0.3, 0.4) is 0 Å². The van der Waals surface area contributed by atoms with Crippen LogP contribution in [0.4, 0.5) is 0 Å². The number of nitrogens with one attached hydrogen (secondary N) is 1. The molecule has 0 rings (SSSR count). The zero-order chi connectivity index (χ0) is 10.1. The predicted octanol–water partition coefficient (Wildman–Crippen LogP) is 1.35. The molecule has 0 saturated heterocycles. The van der Waals surface area contributed by atoms with Crippen molar-refractivity contribution in [1.82, 2.24) is 5.32 Å². The van der Waals surface area contributed by atoms with Crippen molar-refractivity contribution in [2.24, 2.45) is 5.92 Å². The number of rotatable bonds is 7. The Morgan fingerprint density at radius 2 is 2.38 bits per heavy atom. The van der Waals surface area contributed by atoms with Crippen molar-refractivity contribution in [3.8, 4) is 0 Å². The molecule has 76 valence electrons. The van der Waals surface area contributed by atoms with Crippen molar-refractivity contribution in [2.45, 2.75) is 20.3 Å². The lowest BCUT2D eigenvalue weighted by Crippen LogP contribution is -2.25. The summed E-state index contributed by atoms with van der Waals surface area (Å²) >= 11 is 0. The lowest BCUT2D eigenvalue weighted by atomic mass is 10.1. The van der Waals surface area contributed by atoms with Crippen LogP contribution >= 0.6 is 0 Å². The first kappa shape index (κ1) is 12.2. The molecule has 3 nitrogen and oxygen atoms in total. The average Bonchev–Trinajstić information content (AvgIpc) is 2.16. The standard InChI is InChI=1S/C10H19NO2/c1-4-9(3)8-11-6-7-13-10(12)5-2/h5,9,11H,2,4,6-8H2,1,3H3. The molecule has 0 saturated carbocycles. The zero-order valence-electron chi connectivity index (χ0n) is 8.51. The van der Waals surface area contributed by atoms with Crippen LogP contribution in [0.5, 0.6) is 0 Å². The molecule has 0 spiro atoms. The lowest BCUT2D eigenvalue weighted by molar-refractivity contribution is -0.137. The fraction of sp³-hybridized carbons (Fsp3) is 0.700. The maximum absolute atomic E-state index is 10.6. The Morgan fingerprint density at radius 1 is 1.69 bits per heavy atom. The van der Waals surface area contributed by atoms with Gasteiger partial charge in [0.25, 0.3) is 0 Å². The topological polar surface area (TPSA) is 38.3 Å². The van der Waals surface area contributed by atoms with E-state index in [9.17, 15) is 4.79 Å². The number of ether oxygens (including phenoxy) is 1. The first-order chi connectivity index (χ1) is 6.20. The molecule has 1 unspecified atom stereocenters. The van der Waals surface area contributed by atoms with Gasteiger partial charge in [0.05, 0.1) is 0 Å². The molecule has 0 amide bonds. The van der Waals surface area contributed by atoms with E-state index in [1.165, 1.54) is 12.5 Å². The van der Waals surface area contributed by atoms with Gasteiger partial charge in [0.1, 0.15) is 6.61 Å². The molecule has 0 fully saturated rings. The Balaban J connectivity index is 3.17. The highest BCUT2D eigenvalue weighted by Crippen LogP contribution is 1.96. The molecule has 3 heteroatoms. The summed E-state index contributed by atoms with van der Waals surface area (Å²) in [5.41, 5.74) is 0. The molecule has 1 N–H and O–H groups in total. The fourth-order valence-electron chi connectivity index (χ4n) is 0.776. The highest BCUT2D eigenvalue weighted by Gasteiger charge is 1.98. The van der Waals surface area contributed by atoms with Crippen LogP contribution < -0.4 is 5.32 Å². The quantitative estimate of drug-likeness (QED) is 0.369. The molecule has 0 aliphatic carbocycles. The Kier molecular flexibility index (Phi) is 7.30. The van der Waals surface area contributed by atoms with E-state index in [-0.39, 0.29) is 5.97 Å². The lowest BCUT2D eigenvalue weighted by Gasteiger charge is -2.09. The van der Waals surface area contributed by atoms with Gasteiger partial charge in [0, 0.05) is 12.6 Å².